The Balaban J connectivity index is 2.14. The maximum atomic E-state index is 11.0. The van der Waals surface area contributed by atoms with Crippen LogP contribution in [0.5, 0.6) is 5.75 Å². The Kier molecular flexibility index (Phi) is 3.89. The van der Waals surface area contributed by atoms with Gasteiger partial charge in [-0.1, -0.05) is 12.1 Å². The van der Waals surface area contributed by atoms with Crippen molar-refractivity contribution in [2.24, 2.45) is 0 Å². The summed E-state index contributed by atoms with van der Waals surface area (Å²) in [6.45, 7) is 1.44. The summed E-state index contributed by atoms with van der Waals surface area (Å²) in [5, 5.41) is 0. The van der Waals surface area contributed by atoms with Crippen molar-refractivity contribution >= 4 is 10.1 Å². The van der Waals surface area contributed by atoms with Gasteiger partial charge in [0.2, 0.25) is 0 Å². The van der Waals surface area contributed by atoms with Crippen molar-refractivity contribution < 1.29 is 22.1 Å². The Bertz CT molecular complexity index is 519. The second-order valence-electron chi connectivity index (χ2n) is 4.27. The normalized spacial score (nSPS) is 16.3. The predicted molar refractivity (Wildman–Crippen MR) is 66.2 cm³/mol. The first-order valence-electron chi connectivity index (χ1n) is 5.58. The molecule has 100 valence electrons. The lowest BCUT2D eigenvalue weighted by Gasteiger charge is -2.26. The van der Waals surface area contributed by atoms with Crippen LogP contribution in [0.4, 0.5) is 0 Å². The molecule has 0 bridgehead atoms. The van der Waals surface area contributed by atoms with E-state index in [9.17, 15) is 8.42 Å². The zero-order valence-corrected chi connectivity index (χ0v) is 11.2. The summed E-state index contributed by atoms with van der Waals surface area (Å²) in [7, 11) is -1.89. The van der Waals surface area contributed by atoms with Crippen LogP contribution < -0.4 is 4.74 Å². The standard InChI is InChI=1S/C12H16O5S/c1-15-12-5-9(11-6-16-7-11)3-4-10(12)8-17-18(2,13)14/h3-5,11H,6-8H2,1-2H3. The summed E-state index contributed by atoms with van der Waals surface area (Å²) in [5.74, 6) is 1.05. The van der Waals surface area contributed by atoms with E-state index in [2.05, 4.69) is 0 Å². The highest BCUT2D eigenvalue weighted by molar-refractivity contribution is 7.85. The lowest BCUT2D eigenvalue weighted by molar-refractivity contribution is 0.00834. The second kappa shape index (κ2) is 5.26. The van der Waals surface area contributed by atoms with E-state index in [4.69, 9.17) is 13.7 Å². The minimum absolute atomic E-state index is 0.0105. The van der Waals surface area contributed by atoms with Gasteiger partial charge in [-0.05, 0) is 11.6 Å². The largest absolute Gasteiger partial charge is 0.496 e. The Morgan fingerprint density at radius 3 is 2.61 bits per heavy atom. The average Bonchev–Trinajstić information content (AvgIpc) is 2.23. The monoisotopic (exact) mass is 272 g/mol. The molecule has 0 amide bonds. The Morgan fingerprint density at radius 1 is 1.39 bits per heavy atom. The van der Waals surface area contributed by atoms with Crippen LogP contribution >= 0.6 is 0 Å². The molecule has 0 aromatic heterocycles. The van der Waals surface area contributed by atoms with Gasteiger partial charge < -0.3 is 9.47 Å². The van der Waals surface area contributed by atoms with E-state index >= 15 is 0 Å². The van der Waals surface area contributed by atoms with Crippen LogP contribution in [-0.2, 0) is 25.6 Å². The van der Waals surface area contributed by atoms with Crippen LogP contribution in [-0.4, -0.2) is 35.0 Å². The van der Waals surface area contributed by atoms with E-state index in [0.717, 1.165) is 25.0 Å². The molecule has 2 rings (SSSR count). The van der Waals surface area contributed by atoms with Crippen molar-refractivity contribution in [1.29, 1.82) is 0 Å². The molecule has 1 aliphatic heterocycles. The molecule has 0 atom stereocenters. The first-order chi connectivity index (χ1) is 8.49. The van der Waals surface area contributed by atoms with Crippen molar-refractivity contribution in [3.05, 3.63) is 29.3 Å². The van der Waals surface area contributed by atoms with Crippen LogP contribution in [0.3, 0.4) is 0 Å². The first-order valence-corrected chi connectivity index (χ1v) is 7.40. The van der Waals surface area contributed by atoms with Crippen molar-refractivity contribution in [2.45, 2.75) is 12.5 Å². The molecule has 1 heterocycles. The zero-order chi connectivity index (χ0) is 13.2. The number of benzene rings is 1. The van der Waals surface area contributed by atoms with Gasteiger partial charge in [0.15, 0.2) is 0 Å². The lowest BCUT2D eigenvalue weighted by Crippen LogP contribution is -2.25. The quantitative estimate of drug-likeness (QED) is 0.756. The van der Waals surface area contributed by atoms with Crippen LogP contribution in [0.1, 0.15) is 17.0 Å². The van der Waals surface area contributed by atoms with Crippen molar-refractivity contribution in [3.8, 4) is 5.75 Å². The molecular formula is C12H16O5S. The second-order valence-corrected chi connectivity index (χ2v) is 5.92. The van der Waals surface area contributed by atoms with Gasteiger partial charge in [-0.2, -0.15) is 8.42 Å². The van der Waals surface area contributed by atoms with Gasteiger partial charge in [-0.3, -0.25) is 4.18 Å². The number of hydrogen-bond donors (Lipinski definition) is 0. The van der Waals surface area contributed by atoms with E-state index in [-0.39, 0.29) is 6.61 Å². The van der Waals surface area contributed by atoms with E-state index in [0.29, 0.717) is 17.2 Å². The summed E-state index contributed by atoms with van der Waals surface area (Å²) in [6.07, 6.45) is 1.03. The molecule has 0 radical (unpaired) electrons. The fourth-order valence-corrected chi connectivity index (χ4v) is 2.07. The van der Waals surface area contributed by atoms with Gasteiger partial charge in [0.05, 0.1) is 33.2 Å². The number of rotatable bonds is 5. The third kappa shape index (κ3) is 3.22. The third-order valence-corrected chi connectivity index (χ3v) is 3.40. The average molecular weight is 272 g/mol. The molecule has 1 aliphatic rings. The summed E-state index contributed by atoms with van der Waals surface area (Å²) < 4.78 is 37.1. The van der Waals surface area contributed by atoms with Gasteiger partial charge in [0.1, 0.15) is 5.75 Å². The van der Waals surface area contributed by atoms with Crippen LogP contribution in [0, 0.1) is 0 Å². The number of hydrogen-bond acceptors (Lipinski definition) is 5. The molecule has 6 heteroatoms. The topological polar surface area (TPSA) is 61.8 Å². The van der Waals surface area contributed by atoms with Gasteiger partial charge in [-0.25, -0.2) is 0 Å². The summed E-state index contributed by atoms with van der Waals surface area (Å²) in [6, 6.07) is 5.70. The summed E-state index contributed by atoms with van der Waals surface area (Å²) >= 11 is 0. The minimum Gasteiger partial charge on any atom is -0.496 e. The lowest BCUT2D eigenvalue weighted by atomic mass is 9.96. The molecule has 0 aliphatic carbocycles. The zero-order valence-electron chi connectivity index (χ0n) is 10.4. The Morgan fingerprint density at radius 2 is 2.11 bits per heavy atom. The molecule has 1 aromatic carbocycles. The first kappa shape index (κ1) is 13.3. The van der Waals surface area contributed by atoms with E-state index in [1.165, 1.54) is 0 Å². The number of methoxy groups -OCH3 is 1. The summed E-state index contributed by atoms with van der Waals surface area (Å²) in [4.78, 5) is 0. The van der Waals surface area contributed by atoms with Gasteiger partial charge >= 0.3 is 0 Å². The van der Waals surface area contributed by atoms with Crippen LogP contribution in [0.25, 0.3) is 0 Å². The summed E-state index contributed by atoms with van der Waals surface area (Å²) in [5.41, 5.74) is 1.85. The molecule has 0 unspecified atom stereocenters. The predicted octanol–water partition coefficient (Wildman–Crippen LogP) is 1.29. The number of ether oxygens (including phenoxy) is 2. The molecule has 0 N–H and O–H groups in total. The van der Waals surface area contributed by atoms with Crippen molar-refractivity contribution in [2.75, 3.05) is 26.6 Å². The third-order valence-electron chi connectivity index (χ3n) is 2.85. The van der Waals surface area contributed by atoms with Crippen molar-refractivity contribution in [3.63, 3.8) is 0 Å². The van der Waals surface area contributed by atoms with Gasteiger partial charge in [0, 0.05) is 11.5 Å². The molecule has 0 spiro atoms. The van der Waals surface area contributed by atoms with Gasteiger partial charge in [0.25, 0.3) is 10.1 Å². The SMILES string of the molecule is COc1cc(C2COC2)ccc1COS(C)(=O)=O. The van der Waals surface area contributed by atoms with E-state index < -0.39 is 10.1 Å². The van der Waals surface area contributed by atoms with E-state index in [1.807, 2.05) is 18.2 Å². The Labute approximate surface area is 107 Å². The van der Waals surface area contributed by atoms with Gasteiger partial charge in [-0.15, -0.1) is 0 Å². The minimum atomic E-state index is -3.44. The maximum absolute atomic E-state index is 11.0. The van der Waals surface area contributed by atoms with Crippen molar-refractivity contribution in [1.82, 2.24) is 0 Å². The molecule has 5 nitrogen and oxygen atoms in total. The highest BCUT2D eigenvalue weighted by Gasteiger charge is 2.21. The highest BCUT2D eigenvalue weighted by atomic mass is 32.2. The molecular weight excluding hydrogens is 256 g/mol. The highest BCUT2D eigenvalue weighted by Crippen LogP contribution is 2.29. The van der Waals surface area contributed by atoms with Crippen LogP contribution in [0.2, 0.25) is 0 Å². The fraction of sp³-hybridized carbons (Fsp3) is 0.500. The molecule has 0 saturated carbocycles. The smallest absolute Gasteiger partial charge is 0.264 e. The fourth-order valence-electron chi connectivity index (χ4n) is 1.73. The van der Waals surface area contributed by atoms with Crippen LogP contribution in [0.15, 0.2) is 18.2 Å². The van der Waals surface area contributed by atoms with E-state index in [1.54, 1.807) is 7.11 Å². The molecule has 1 aromatic rings. The molecule has 1 fully saturated rings. The molecule has 18 heavy (non-hydrogen) atoms. The molecule has 1 saturated heterocycles. The Hall–Kier alpha value is -1.11. The maximum Gasteiger partial charge on any atom is 0.264 e.